The number of halogens is 1. The lowest BCUT2D eigenvalue weighted by Gasteiger charge is -2.31. The monoisotopic (exact) mass is 591 g/mol. The summed E-state index contributed by atoms with van der Waals surface area (Å²) in [6, 6.07) is 26.6. The fraction of sp³-hybridized carbons (Fsp3) is 0.303. The van der Waals surface area contributed by atoms with Gasteiger partial charge >= 0.3 is 11.9 Å². The van der Waals surface area contributed by atoms with Gasteiger partial charge in [-0.05, 0) is 42.2 Å². The van der Waals surface area contributed by atoms with Gasteiger partial charge in [0.05, 0.1) is 37.7 Å². The van der Waals surface area contributed by atoms with E-state index in [9.17, 15) is 19.8 Å². The minimum atomic E-state index is -1.14. The molecule has 1 heterocycles. The van der Waals surface area contributed by atoms with Crippen LogP contribution in [-0.2, 0) is 19.1 Å². The highest BCUT2D eigenvalue weighted by Crippen LogP contribution is 2.40. The topological polar surface area (TPSA) is 126 Å². The van der Waals surface area contributed by atoms with Gasteiger partial charge in [0, 0.05) is 22.6 Å². The summed E-state index contributed by atoms with van der Waals surface area (Å²) in [5, 5.41) is 29.5. The zero-order valence-corrected chi connectivity index (χ0v) is 24.0. The highest BCUT2D eigenvalue weighted by molar-refractivity contribution is 6.30. The summed E-state index contributed by atoms with van der Waals surface area (Å²) in [5.41, 5.74) is 3.23. The molecule has 0 aliphatic carbocycles. The number of carboxylic acid groups (broad SMARTS) is 1. The molecule has 3 N–H and O–H groups in total. The number of aliphatic imine (C=N–C) groups is 1. The Hall–Kier alpha value is -3.82. The second kappa shape index (κ2) is 14.9. The number of carbonyl (C=O) groups is 2. The van der Waals surface area contributed by atoms with Crippen molar-refractivity contribution in [3.05, 3.63) is 118 Å². The predicted molar refractivity (Wildman–Crippen MR) is 160 cm³/mol. The van der Waals surface area contributed by atoms with Gasteiger partial charge in [-0.1, -0.05) is 84.4 Å². The Balaban J connectivity index is 1.66. The van der Waals surface area contributed by atoms with E-state index >= 15 is 0 Å². The summed E-state index contributed by atoms with van der Waals surface area (Å²) in [6.07, 6.45) is -0.619. The number of benzene rings is 3. The number of carbonyl (C=O) groups excluding carboxylic acids is 1. The molecule has 0 aromatic heterocycles. The Morgan fingerprint density at radius 3 is 2.19 bits per heavy atom. The van der Waals surface area contributed by atoms with Crippen LogP contribution in [0.3, 0.4) is 0 Å². The Kier molecular flexibility index (Phi) is 11.0. The van der Waals surface area contributed by atoms with Crippen molar-refractivity contribution in [1.29, 1.82) is 0 Å². The molecule has 3 unspecified atom stereocenters. The van der Waals surface area contributed by atoms with Gasteiger partial charge in [-0.15, -0.1) is 0 Å². The number of carboxylic acids is 1. The first kappa shape index (κ1) is 31.1. The molecule has 0 saturated carbocycles. The van der Waals surface area contributed by atoms with Crippen molar-refractivity contribution in [2.45, 2.75) is 31.3 Å². The van der Waals surface area contributed by atoms with E-state index < -0.39 is 36.5 Å². The molecule has 0 radical (unpaired) electrons. The molecule has 4 rings (SSSR count). The van der Waals surface area contributed by atoms with Crippen LogP contribution in [0.4, 0.5) is 0 Å². The second-order valence-corrected chi connectivity index (χ2v) is 10.5. The van der Waals surface area contributed by atoms with E-state index in [2.05, 4.69) is 4.99 Å². The molecule has 0 fully saturated rings. The summed E-state index contributed by atoms with van der Waals surface area (Å²) >= 11 is 6.27. The molecule has 0 bridgehead atoms. The van der Waals surface area contributed by atoms with E-state index in [-0.39, 0.29) is 37.0 Å². The number of aliphatic carboxylic acids is 1. The number of aliphatic hydroxyl groups is 2. The molecule has 0 saturated heterocycles. The van der Waals surface area contributed by atoms with Gasteiger partial charge in [-0.3, -0.25) is 9.79 Å². The smallest absolute Gasteiger partial charge is 0.336 e. The Bertz CT molecular complexity index is 1390. The van der Waals surface area contributed by atoms with Crippen molar-refractivity contribution < 1.29 is 34.4 Å². The zero-order valence-electron chi connectivity index (χ0n) is 23.2. The lowest BCUT2D eigenvalue weighted by atomic mass is 9.75. The highest BCUT2D eigenvalue weighted by Gasteiger charge is 2.42. The Morgan fingerprint density at radius 1 is 0.976 bits per heavy atom. The highest BCUT2D eigenvalue weighted by atomic mass is 35.5. The summed E-state index contributed by atoms with van der Waals surface area (Å²) in [5.74, 6) is -3.95. The van der Waals surface area contributed by atoms with Crippen LogP contribution in [0.1, 0.15) is 41.9 Å². The van der Waals surface area contributed by atoms with Crippen molar-refractivity contribution in [1.82, 2.24) is 0 Å². The summed E-state index contributed by atoms with van der Waals surface area (Å²) < 4.78 is 11.4. The number of ether oxygens (including phenoxy) is 2. The van der Waals surface area contributed by atoms with Crippen LogP contribution in [0, 0.1) is 5.92 Å². The van der Waals surface area contributed by atoms with Gasteiger partial charge in [0.2, 0.25) is 0 Å². The molecule has 9 heteroatoms. The third-order valence-electron chi connectivity index (χ3n) is 7.21. The van der Waals surface area contributed by atoms with Crippen LogP contribution in [0.15, 0.2) is 101 Å². The lowest BCUT2D eigenvalue weighted by molar-refractivity contribution is -0.141. The molecular weight excluding hydrogens is 558 g/mol. The average Bonchev–Trinajstić information content (AvgIpc) is 2.99. The van der Waals surface area contributed by atoms with Gasteiger partial charge in [0.1, 0.15) is 12.0 Å². The largest absolute Gasteiger partial charge is 0.481 e. The summed E-state index contributed by atoms with van der Waals surface area (Å²) in [4.78, 5) is 30.8. The van der Waals surface area contributed by atoms with Gasteiger partial charge < -0.3 is 24.8 Å². The van der Waals surface area contributed by atoms with Crippen LogP contribution in [0.25, 0.3) is 0 Å². The van der Waals surface area contributed by atoms with E-state index in [1.807, 2.05) is 60.7 Å². The van der Waals surface area contributed by atoms with E-state index in [4.69, 9.17) is 26.2 Å². The maximum atomic E-state index is 13.8. The fourth-order valence-corrected chi connectivity index (χ4v) is 5.45. The molecule has 3 atom stereocenters. The van der Waals surface area contributed by atoms with Crippen molar-refractivity contribution in [2.75, 3.05) is 26.4 Å². The molecule has 1 aliphatic heterocycles. The summed E-state index contributed by atoms with van der Waals surface area (Å²) in [7, 11) is 0. The molecule has 0 spiro atoms. The first-order valence-corrected chi connectivity index (χ1v) is 14.1. The predicted octanol–water partition coefficient (Wildman–Crippen LogP) is 4.99. The molecule has 0 amide bonds. The van der Waals surface area contributed by atoms with Crippen LogP contribution in [-0.4, -0.2) is 65.5 Å². The zero-order chi connectivity index (χ0) is 30.1. The van der Waals surface area contributed by atoms with Crippen LogP contribution < -0.4 is 0 Å². The van der Waals surface area contributed by atoms with Gasteiger partial charge in [0.25, 0.3) is 0 Å². The molecule has 3 aromatic rings. The quantitative estimate of drug-likeness (QED) is 0.239. The van der Waals surface area contributed by atoms with E-state index in [0.29, 0.717) is 22.7 Å². The molecule has 42 heavy (non-hydrogen) atoms. The first-order valence-electron chi connectivity index (χ1n) is 13.7. The van der Waals surface area contributed by atoms with Crippen LogP contribution >= 0.6 is 11.6 Å². The number of nitrogens with zero attached hydrogens (tertiary/aromatic N) is 1. The third kappa shape index (κ3) is 7.72. The number of hydrogen-bond acceptors (Lipinski definition) is 7. The number of esters is 1. The number of rotatable bonds is 13. The fourth-order valence-electron chi connectivity index (χ4n) is 5.25. The number of aliphatic hydroxyl groups excluding tert-OH is 2. The average molecular weight is 592 g/mol. The molecule has 3 aromatic carbocycles. The lowest BCUT2D eigenvalue weighted by Crippen LogP contribution is -2.36. The van der Waals surface area contributed by atoms with Crippen molar-refractivity contribution in [3.8, 4) is 0 Å². The first-order chi connectivity index (χ1) is 20.3. The Labute approximate surface area is 249 Å². The molecule has 8 nitrogen and oxygen atoms in total. The van der Waals surface area contributed by atoms with Crippen LogP contribution in [0.2, 0.25) is 5.02 Å². The standard InChI is InChI=1S/C33H34ClNO7/c1-21-29(32(38)39)30(24-13-8-14-25(34)17-24)31(28(35-21)20-41-19-26(37)18-36)33(40)42-16-15-27(22-9-4-2-5-10-22)23-11-6-3-7-12-23/h2-14,17,26-27,29-30,36-37H,15-16,18-20H2,1H3,(H,38,39). The van der Waals surface area contributed by atoms with Gasteiger partial charge in [0.15, 0.2) is 0 Å². The molecule has 220 valence electrons. The molecule has 1 aliphatic rings. The SMILES string of the molecule is CC1=NC(COCC(O)CO)=C(C(=O)OCCC(c2ccccc2)c2ccccc2)C(c2cccc(Cl)c2)C1C(=O)O. The minimum absolute atomic E-state index is 0.0286. The molecular formula is C33H34ClNO7. The van der Waals surface area contributed by atoms with E-state index in [1.54, 1.807) is 31.2 Å². The second-order valence-electron chi connectivity index (χ2n) is 10.1. The normalized spacial score (nSPS) is 17.6. The van der Waals surface area contributed by atoms with Crippen molar-refractivity contribution in [2.24, 2.45) is 10.9 Å². The van der Waals surface area contributed by atoms with Crippen molar-refractivity contribution in [3.63, 3.8) is 0 Å². The van der Waals surface area contributed by atoms with Crippen molar-refractivity contribution >= 4 is 29.3 Å². The third-order valence-corrected chi connectivity index (χ3v) is 7.45. The van der Waals surface area contributed by atoms with Gasteiger partial charge in [-0.2, -0.15) is 0 Å². The maximum absolute atomic E-state index is 13.8. The summed E-state index contributed by atoms with van der Waals surface area (Å²) in [6.45, 7) is 0.768. The number of hydrogen-bond donors (Lipinski definition) is 3. The van der Waals surface area contributed by atoms with Crippen LogP contribution in [0.5, 0.6) is 0 Å². The maximum Gasteiger partial charge on any atom is 0.336 e. The minimum Gasteiger partial charge on any atom is -0.481 e. The Morgan fingerprint density at radius 2 is 1.62 bits per heavy atom. The van der Waals surface area contributed by atoms with E-state index in [0.717, 1.165) is 11.1 Å². The van der Waals surface area contributed by atoms with E-state index in [1.165, 1.54) is 0 Å². The van der Waals surface area contributed by atoms with Gasteiger partial charge in [-0.25, -0.2) is 4.79 Å².